The van der Waals surface area contributed by atoms with Gasteiger partial charge in [-0.1, -0.05) is 29.8 Å². The van der Waals surface area contributed by atoms with Gasteiger partial charge in [-0.15, -0.1) is 11.8 Å². The Bertz CT molecular complexity index is 355. The summed E-state index contributed by atoms with van der Waals surface area (Å²) in [6.45, 7) is 4.27. The van der Waals surface area contributed by atoms with E-state index < -0.39 is 0 Å². The van der Waals surface area contributed by atoms with Crippen LogP contribution in [-0.4, -0.2) is 18.3 Å². The molecule has 0 radical (unpaired) electrons. The molecular weight excluding hydrogens is 244 g/mol. The summed E-state index contributed by atoms with van der Waals surface area (Å²) in [5, 5.41) is 0.935. The van der Waals surface area contributed by atoms with E-state index in [1.165, 1.54) is 11.8 Å². The molecule has 0 heterocycles. The standard InChI is InChI=1S/C12H15ClO2S/c1-3-15-12(14)8-16-9(2)10-6-4-5-7-11(10)13/h4-7,9H,3,8H2,1-2H3. The van der Waals surface area contributed by atoms with Crippen LogP contribution in [0.3, 0.4) is 0 Å². The average molecular weight is 259 g/mol. The zero-order valence-electron chi connectivity index (χ0n) is 9.40. The van der Waals surface area contributed by atoms with Crippen LogP contribution in [0, 0.1) is 0 Å². The van der Waals surface area contributed by atoms with E-state index in [9.17, 15) is 4.79 Å². The van der Waals surface area contributed by atoms with Crippen molar-refractivity contribution in [1.29, 1.82) is 0 Å². The second kappa shape index (κ2) is 6.81. The van der Waals surface area contributed by atoms with Crippen molar-refractivity contribution in [2.75, 3.05) is 12.4 Å². The highest BCUT2D eigenvalue weighted by atomic mass is 35.5. The normalized spacial score (nSPS) is 12.2. The van der Waals surface area contributed by atoms with Gasteiger partial charge in [0.1, 0.15) is 0 Å². The molecule has 0 aliphatic carbocycles. The van der Waals surface area contributed by atoms with E-state index >= 15 is 0 Å². The lowest BCUT2D eigenvalue weighted by Crippen LogP contribution is -2.07. The average Bonchev–Trinajstić information content (AvgIpc) is 2.27. The molecule has 1 aromatic rings. The first-order valence-corrected chi connectivity index (χ1v) is 6.59. The Morgan fingerprint density at radius 3 is 2.81 bits per heavy atom. The number of halogens is 1. The Morgan fingerprint density at radius 1 is 1.50 bits per heavy atom. The van der Waals surface area contributed by atoms with Crippen LogP contribution in [0.4, 0.5) is 0 Å². The number of esters is 1. The molecule has 0 amide bonds. The van der Waals surface area contributed by atoms with Gasteiger partial charge in [-0.2, -0.15) is 0 Å². The van der Waals surface area contributed by atoms with E-state index in [4.69, 9.17) is 16.3 Å². The highest BCUT2D eigenvalue weighted by Gasteiger charge is 2.12. The van der Waals surface area contributed by atoms with Gasteiger partial charge in [-0.25, -0.2) is 0 Å². The number of carbonyl (C=O) groups excluding carboxylic acids is 1. The minimum Gasteiger partial charge on any atom is -0.465 e. The largest absolute Gasteiger partial charge is 0.465 e. The minimum atomic E-state index is -0.175. The molecule has 1 aromatic carbocycles. The van der Waals surface area contributed by atoms with Gasteiger partial charge in [0.2, 0.25) is 0 Å². The molecule has 0 bridgehead atoms. The predicted octanol–water partition coefficient (Wildman–Crippen LogP) is 3.70. The highest BCUT2D eigenvalue weighted by Crippen LogP contribution is 2.32. The van der Waals surface area contributed by atoms with Crippen molar-refractivity contribution in [3.8, 4) is 0 Å². The van der Waals surface area contributed by atoms with E-state index in [0.29, 0.717) is 12.4 Å². The lowest BCUT2D eigenvalue weighted by Gasteiger charge is -2.12. The zero-order valence-corrected chi connectivity index (χ0v) is 11.0. The zero-order chi connectivity index (χ0) is 12.0. The third-order valence-electron chi connectivity index (χ3n) is 2.10. The van der Waals surface area contributed by atoms with Gasteiger partial charge in [0, 0.05) is 10.3 Å². The molecule has 0 N–H and O–H groups in total. The SMILES string of the molecule is CCOC(=O)CSC(C)c1ccccc1Cl. The van der Waals surface area contributed by atoms with Crippen LogP contribution in [0.2, 0.25) is 5.02 Å². The first-order chi connectivity index (χ1) is 7.65. The number of thioether (sulfide) groups is 1. The molecule has 1 atom stereocenters. The smallest absolute Gasteiger partial charge is 0.315 e. The van der Waals surface area contributed by atoms with E-state index in [2.05, 4.69) is 0 Å². The molecule has 0 aliphatic rings. The van der Waals surface area contributed by atoms with Crippen molar-refractivity contribution < 1.29 is 9.53 Å². The minimum absolute atomic E-state index is 0.175. The van der Waals surface area contributed by atoms with Gasteiger partial charge in [0.25, 0.3) is 0 Å². The summed E-state index contributed by atoms with van der Waals surface area (Å²) in [4.78, 5) is 11.2. The maximum Gasteiger partial charge on any atom is 0.315 e. The lowest BCUT2D eigenvalue weighted by atomic mass is 10.2. The van der Waals surface area contributed by atoms with Gasteiger partial charge in [0.05, 0.1) is 12.4 Å². The van der Waals surface area contributed by atoms with Crippen molar-refractivity contribution in [2.24, 2.45) is 0 Å². The topological polar surface area (TPSA) is 26.3 Å². The van der Waals surface area contributed by atoms with Crippen LogP contribution in [0.5, 0.6) is 0 Å². The summed E-state index contributed by atoms with van der Waals surface area (Å²) in [6.07, 6.45) is 0. The van der Waals surface area contributed by atoms with Crippen molar-refractivity contribution in [3.05, 3.63) is 34.9 Å². The van der Waals surface area contributed by atoms with Gasteiger partial charge < -0.3 is 4.74 Å². The molecule has 0 saturated carbocycles. The molecule has 88 valence electrons. The Labute approximate surface area is 105 Å². The molecule has 0 aliphatic heterocycles. The van der Waals surface area contributed by atoms with E-state index in [1.807, 2.05) is 31.2 Å². The summed E-state index contributed by atoms with van der Waals surface area (Å²) in [6, 6.07) is 7.68. The van der Waals surface area contributed by atoms with Gasteiger partial charge >= 0.3 is 5.97 Å². The Balaban J connectivity index is 2.50. The van der Waals surface area contributed by atoms with E-state index in [1.54, 1.807) is 6.92 Å². The number of carbonyl (C=O) groups is 1. The first kappa shape index (κ1) is 13.4. The van der Waals surface area contributed by atoms with Gasteiger partial charge in [-0.3, -0.25) is 4.79 Å². The number of benzene rings is 1. The number of ether oxygens (including phenoxy) is 1. The molecule has 4 heteroatoms. The van der Waals surface area contributed by atoms with Crippen LogP contribution in [-0.2, 0) is 9.53 Å². The number of rotatable bonds is 5. The molecule has 0 saturated heterocycles. The molecule has 0 fully saturated rings. The van der Waals surface area contributed by atoms with Crippen molar-refractivity contribution in [2.45, 2.75) is 19.1 Å². The molecule has 1 unspecified atom stereocenters. The molecule has 0 spiro atoms. The monoisotopic (exact) mass is 258 g/mol. The fraction of sp³-hybridized carbons (Fsp3) is 0.417. The molecule has 16 heavy (non-hydrogen) atoms. The molecule has 1 rings (SSSR count). The molecule has 2 nitrogen and oxygen atoms in total. The van der Waals surface area contributed by atoms with Crippen LogP contribution >= 0.6 is 23.4 Å². The predicted molar refractivity (Wildman–Crippen MR) is 69.0 cm³/mol. The van der Waals surface area contributed by atoms with Crippen LogP contribution in [0.1, 0.15) is 24.7 Å². The van der Waals surface area contributed by atoms with E-state index in [0.717, 1.165) is 10.6 Å². The second-order valence-corrected chi connectivity index (χ2v) is 5.02. The Kier molecular flexibility index (Phi) is 5.71. The maximum absolute atomic E-state index is 11.2. The van der Waals surface area contributed by atoms with E-state index in [-0.39, 0.29) is 11.2 Å². The third kappa shape index (κ3) is 4.06. The van der Waals surface area contributed by atoms with Crippen LogP contribution in [0.15, 0.2) is 24.3 Å². The Hall–Kier alpha value is -0.670. The van der Waals surface area contributed by atoms with Crippen molar-refractivity contribution >= 4 is 29.3 Å². The highest BCUT2D eigenvalue weighted by molar-refractivity contribution is 8.00. The van der Waals surface area contributed by atoms with Crippen LogP contribution in [0.25, 0.3) is 0 Å². The summed E-state index contributed by atoms with van der Waals surface area (Å²) in [7, 11) is 0. The van der Waals surface area contributed by atoms with Crippen LogP contribution < -0.4 is 0 Å². The summed E-state index contributed by atoms with van der Waals surface area (Å²) >= 11 is 7.60. The maximum atomic E-state index is 11.2. The quantitative estimate of drug-likeness (QED) is 0.754. The first-order valence-electron chi connectivity index (χ1n) is 5.16. The number of hydrogen-bond donors (Lipinski definition) is 0. The number of hydrogen-bond acceptors (Lipinski definition) is 3. The summed E-state index contributed by atoms with van der Waals surface area (Å²) in [5.74, 6) is 0.187. The Morgan fingerprint density at radius 2 is 2.19 bits per heavy atom. The molecular formula is C12H15ClO2S. The van der Waals surface area contributed by atoms with Gasteiger partial charge in [-0.05, 0) is 25.5 Å². The third-order valence-corrected chi connectivity index (χ3v) is 3.60. The summed E-state index contributed by atoms with van der Waals surface area (Å²) < 4.78 is 4.87. The molecule has 0 aromatic heterocycles. The van der Waals surface area contributed by atoms with Gasteiger partial charge in [0.15, 0.2) is 0 Å². The fourth-order valence-electron chi connectivity index (χ4n) is 1.29. The van der Waals surface area contributed by atoms with Crippen molar-refractivity contribution in [3.63, 3.8) is 0 Å². The second-order valence-electron chi connectivity index (χ2n) is 3.28. The lowest BCUT2D eigenvalue weighted by molar-refractivity contribution is -0.139. The fourth-order valence-corrected chi connectivity index (χ4v) is 2.51. The van der Waals surface area contributed by atoms with Crippen molar-refractivity contribution in [1.82, 2.24) is 0 Å². The summed E-state index contributed by atoms with van der Waals surface area (Å²) in [5.41, 5.74) is 1.05.